The van der Waals surface area contributed by atoms with Crippen molar-refractivity contribution in [2.24, 2.45) is 11.7 Å². The molecule has 0 bridgehead atoms. The smallest absolute Gasteiger partial charge is 0.0511 e. The molecule has 1 aliphatic heterocycles. The second-order valence-electron chi connectivity index (χ2n) is 6.00. The van der Waals surface area contributed by atoms with Crippen LogP contribution >= 0.6 is 0 Å². The number of hydrogen-bond acceptors (Lipinski definition) is 3. The Bertz CT molecular complexity index is 384. The lowest BCUT2D eigenvalue weighted by Gasteiger charge is -2.28. The molecule has 1 aliphatic rings. The molecule has 1 fully saturated rings. The van der Waals surface area contributed by atoms with Crippen LogP contribution in [0.2, 0.25) is 0 Å². The van der Waals surface area contributed by atoms with Crippen LogP contribution in [0.25, 0.3) is 0 Å². The summed E-state index contributed by atoms with van der Waals surface area (Å²) < 4.78 is 5.55. The van der Waals surface area contributed by atoms with Crippen molar-refractivity contribution in [2.45, 2.75) is 38.6 Å². The summed E-state index contributed by atoms with van der Waals surface area (Å²) >= 11 is 0. The summed E-state index contributed by atoms with van der Waals surface area (Å²) in [6, 6.07) is 9.11. The molecular formula is C17H28N2O. The first kappa shape index (κ1) is 15.3. The molecule has 20 heavy (non-hydrogen) atoms. The van der Waals surface area contributed by atoms with Gasteiger partial charge in [0.05, 0.1) is 6.61 Å². The molecule has 112 valence electrons. The van der Waals surface area contributed by atoms with Crippen LogP contribution in [0, 0.1) is 5.92 Å². The van der Waals surface area contributed by atoms with Gasteiger partial charge >= 0.3 is 0 Å². The summed E-state index contributed by atoms with van der Waals surface area (Å²) in [5.41, 5.74) is 8.62. The SMILES string of the molecule is CCC(N)Cc1ccc(N(C)CC2CCCOC2)cc1. The monoisotopic (exact) mass is 276 g/mol. The highest BCUT2D eigenvalue weighted by molar-refractivity contribution is 5.47. The summed E-state index contributed by atoms with van der Waals surface area (Å²) in [4.78, 5) is 2.34. The van der Waals surface area contributed by atoms with Gasteiger partial charge in [0.25, 0.3) is 0 Å². The Kier molecular flexibility index (Phi) is 5.86. The van der Waals surface area contributed by atoms with E-state index in [4.69, 9.17) is 10.5 Å². The lowest BCUT2D eigenvalue weighted by Crippen LogP contribution is -2.30. The largest absolute Gasteiger partial charge is 0.381 e. The van der Waals surface area contributed by atoms with Crippen molar-refractivity contribution in [2.75, 3.05) is 31.7 Å². The molecule has 0 amide bonds. The number of rotatable bonds is 6. The normalized spacial score (nSPS) is 20.6. The molecule has 1 aromatic rings. The molecule has 1 aromatic carbocycles. The lowest BCUT2D eigenvalue weighted by molar-refractivity contribution is 0.0576. The van der Waals surface area contributed by atoms with Crippen LogP contribution in [0.5, 0.6) is 0 Å². The van der Waals surface area contributed by atoms with Crippen LogP contribution in [-0.2, 0) is 11.2 Å². The molecule has 2 rings (SSSR count). The zero-order valence-electron chi connectivity index (χ0n) is 12.8. The van der Waals surface area contributed by atoms with Crippen LogP contribution < -0.4 is 10.6 Å². The van der Waals surface area contributed by atoms with Gasteiger partial charge in [0.15, 0.2) is 0 Å². The second kappa shape index (κ2) is 7.65. The van der Waals surface area contributed by atoms with Crippen LogP contribution in [0.1, 0.15) is 31.7 Å². The first-order valence-corrected chi connectivity index (χ1v) is 7.82. The fraction of sp³-hybridized carbons (Fsp3) is 0.647. The Morgan fingerprint density at radius 2 is 2.10 bits per heavy atom. The van der Waals surface area contributed by atoms with Gasteiger partial charge in [0, 0.05) is 31.9 Å². The number of anilines is 1. The van der Waals surface area contributed by atoms with Crippen molar-refractivity contribution in [1.82, 2.24) is 0 Å². The van der Waals surface area contributed by atoms with Crippen LogP contribution in [0.4, 0.5) is 5.69 Å². The number of ether oxygens (including phenoxy) is 1. The molecule has 3 heteroatoms. The van der Waals surface area contributed by atoms with E-state index in [1.807, 2.05) is 0 Å². The zero-order chi connectivity index (χ0) is 14.4. The fourth-order valence-corrected chi connectivity index (χ4v) is 2.78. The van der Waals surface area contributed by atoms with Gasteiger partial charge in [-0.05, 0) is 49.3 Å². The van der Waals surface area contributed by atoms with Gasteiger partial charge < -0.3 is 15.4 Å². The van der Waals surface area contributed by atoms with Crippen LogP contribution in [-0.4, -0.2) is 32.8 Å². The van der Waals surface area contributed by atoms with E-state index in [-0.39, 0.29) is 6.04 Å². The Morgan fingerprint density at radius 3 is 2.70 bits per heavy atom. The van der Waals surface area contributed by atoms with Gasteiger partial charge in [0.2, 0.25) is 0 Å². The number of nitrogens with two attached hydrogens (primary N) is 1. The van der Waals surface area contributed by atoms with Gasteiger partial charge in [-0.1, -0.05) is 19.1 Å². The zero-order valence-corrected chi connectivity index (χ0v) is 12.8. The summed E-state index contributed by atoms with van der Waals surface area (Å²) in [5.74, 6) is 0.668. The van der Waals surface area contributed by atoms with Crippen molar-refractivity contribution in [3.63, 3.8) is 0 Å². The molecule has 0 aliphatic carbocycles. The van der Waals surface area contributed by atoms with Crippen molar-refractivity contribution < 1.29 is 4.74 Å². The van der Waals surface area contributed by atoms with Gasteiger partial charge in [-0.2, -0.15) is 0 Å². The summed E-state index contributed by atoms with van der Waals surface area (Å²) in [5, 5.41) is 0. The van der Waals surface area contributed by atoms with E-state index < -0.39 is 0 Å². The first-order chi connectivity index (χ1) is 9.69. The number of hydrogen-bond donors (Lipinski definition) is 1. The maximum absolute atomic E-state index is 6.00. The van der Waals surface area contributed by atoms with E-state index in [1.165, 1.54) is 24.1 Å². The third-order valence-corrected chi connectivity index (χ3v) is 4.19. The molecular weight excluding hydrogens is 248 g/mol. The van der Waals surface area contributed by atoms with E-state index in [1.54, 1.807) is 0 Å². The van der Waals surface area contributed by atoms with Crippen LogP contribution in [0.3, 0.4) is 0 Å². The van der Waals surface area contributed by atoms with E-state index >= 15 is 0 Å². The highest BCUT2D eigenvalue weighted by Crippen LogP contribution is 2.20. The molecule has 3 nitrogen and oxygen atoms in total. The average Bonchev–Trinajstić information content (AvgIpc) is 2.49. The Labute approximate surface area is 123 Å². The molecule has 1 heterocycles. The highest BCUT2D eigenvalue weighted by Gasteiger charge is 2.16. The van der Waals surface area contributed by atoms with Crippen LogP contribution in [0.15, 0.2) is 24.3 Å². The second-order valence-corrected chi connectivity index (χ2v) is 6.00. The Morgan fingerprint density at radius 1 is 1.35 bits per heavy atom. The van der Waals surface area contributed by atoms with Gasteiger partial charge in [-0.3, -0.25) is 0 Å². The minimum Gasteiger partial charge on any atom is -0.381 e. The third-order valence-electron chi connectivity index (χ3n) is 4.19. The van der Waals surface area contributed by atoms with E-state index in [0.717, 1.165) is 32.6 Å². The third kappa shape index (κ3) is 4.50. The molecule has 0 radical (unpaired) electrons. The highest BCUT2D eigenvalue weighted by atomic mass is 16.5. The standard InChI is InChI=1S/C17H28N2O/c1-3-16(18)11-14-6-8-17(9-7-14)19(2)12-15-5-4-10-20-13-15/h6-9,15-16H,3-5,10-13,18H2,1-2H3. The maximum atomic E-state index is 6.00. The predicted octanol–water partition coefficient (Wildman–Crippen LogP) is 2.83. The molecule has 0 aromatic heterocycles. The van der Waals surface area contributed by atoms with E-state index in [9.17, 15) is 0 Å². The minimum absolute atomic E-state index is 0.276. The fourth-order valence-electron chi connectivity index (χ4n) is 2.78. The van der Waals surface area contributed by atoms with E-state index in [0.29, 0.717) is 5.92 Å². The first-order valence-electron chi connectivity index (χ1n) is 7.82. The van der Waals surface area contributed by atoms with Gasteiger partial charge in [-0.25, -0.2) is 0 Å². The molecule has 2 atom stereocenters. The summed E-state index contributed by atoms with van der Waals surface area (Å²) in [6.07, 6.45) is 4.49. The Hall–Kier alpha value is -1.06. The maximum Gasteiger partial charge on any atom is 0.0511 e. The molecule has 0 saturated carbocycles. The quantitative estimate of drug-likeness (QED) is 0.868. The van der Waals surface area contributed by atoms with E-state index in [2.05, 4.69) is 43.1 Å². The lowest BCUT2D eigenvalue weighted by atomic mass is 10.0. The van der Waals surface area contributed by atoms with Crippen molar-refractivity contribution in [3.05, 3.63) is 29.8 Å². The molecule has 2 N–H and O–H groups in total. The average molecular weight is 276 g/mol. The van der Waals surface area contributed by atoms with Crippen molar-refractivity contribution >= 4 is 5.69 Å². The molecule has 0 spiro atoms. The van der Waals surface area contributed by atoms with Crippen molar-refractivity contribution in [3.8, 4) is 0 Å². The predicted molar refractivity (Wildman–Crippen MR) is 85.2 cm³/mol. The number of benzene rings is 1. The van der Waals surface area contributed by atoms with Gasteiger partial charge in [0.1, 0.15) is 0 Å². The molecule has 1 saturated heterocycles. The van der Waals surface area contributed by atoms with Gasteiger partial charge in [-0.15, -0.1) is 0 Å². The summed E-state index contributed by atoms with van der Waals surface area (Å²) in [7, 11) is 2.17. The molecule has 2 unspecified atom stereocenters. The summed E-state index contributed by atoms with van der Waals surface area (Å²) in [6.45, 7) is 5.06. The number of nitrogens with zero attached hydrogens (tertiary/aromatic N) is 1. The Balaban J connectivity index is 1.87. The van der Waals surface area contributed by atoms with Crippen molar-refractivity contribution in [1.29, 1.82) is 0 Å². The topological polar surface area (TPSA) is 38.5 Å². The minimum atomic E-state index is 0.276.